The standard InChI is InChI=1S/C20H29NS/c1-11(2)17-9-13(5)21-20-15(7)16(8)22-14(6)10-18(12(3)4)19(17)20/h9-12,14H,1-8H3/b16-15-,18-10-/t14-/m1/s1. The summed E-state index contributed by atoms with van der Waals surface area (Å²) in [5.41, 5.74) is 7.94. The van der Waals surface area contributed by atoms with Crippen LogP contribution in [0.2, 0.25) is 0 Å². The molecule has 0 aromatic carbocycles. The molecule has 0 aliphatic carbocycles. The second kappa shape index (κ2) is 6.62. The summed E-state index contributed by atoms with van der Waals surface area (Å²) in [6.07, 6.45) is 2.45. The number of aromatic nitrogens is 1. The molecule has 1 atom stereocenters. The van der Waals surface area contributed by atoms with E-state index in [1.54, 1.807) is 0 Å². The number of hydrogen-bond donors (Lipinski definition) is 0. The summed E-state index contributed by atoms with van der Waals surface area (Å²) in [7, 11) is 0. The van der Waals surface area contributed by atoms with Crippen molar-refractivity contribution in [3.8, 4) is 0 Å². The van der Waals surface area contributed by atoms with Gasteiger partial charge in [0.2, 0.25) is 0 Å². The van der Waals surface area contributed by atoms with E-state index < -0.39 is 0 Å². The van der Waals surface area contributed by atoms with Gasteiger partial charge in [0, 0.05) is 16.5 Å². The third kappa shape index (κ3) is 3.32. The van der Waals surface area contributed by atoms with Crippen molar-refractivity contribution in [3.05, 3.63) is 39.6 Å². The Bertz CT molecular complexity index is 635. The lowest BCUT2D eigenvalue weighted by Gasteiger charge is -2.26. The molecule has 120 valence electrons. The van der Waals surface area contributed by atoms with Crippen LogP contribution in [0.3, 0.4) is 0 Å². The maximum absolute atomic E-state index is 4.94. The van der Waals surface area contributed by atoms with E-state index in [0.717, 1.165) is 5.69 Å². The monoisotopic (exact) mass is 315 g/mol. The first-order valence-corrected chi connectivity index (χ1v) is 9.18. The Morgan fingerprint density at radius 1 is 1.05 bits per heavy atom. The lowest BCUT2D eigenvalue weighted by atomic mass is 9.84. The molecule has 1 aromatic rings. The van der Waals surface area contributed by atoms with Gasteiger partial charge in [0.1, 0.15) is 0 Å². The largest absolute Gasteiger partial charge is 0.253 e. The van der Waals surface area contributed by atoms with Crippen LogP contribution in [0.1, 0.15) is 76.9 Å². The van der Waals surface area contributed by atoms with E-state index in [1.165, 1.54) is 32.9 Å². The summed E-state index contributed by atoms with van der Waals surface area (Å²) >= 11 is 1.95. The van der Waals surface area contributed by atoms with Crippen molar-refractivity contribution >= 4 is 22.9 Å². The Morgan fingerprint density at radius 3 is 2.23 bits per heavy atom. The minimum atomic E-state index is 0.502. The quantitative estimate of drug-likeness (QED) is 0.623. The average Bonchev–Trinajstić information content (AvgIpc) is 2.42. The van der Waals surface area contributed by atoms with Crippen molar-refractivity contribution in [2.75, 3.05) is 0 Å². The molecule has 0 unspecified atom stereocenters. The predicted octanol–water partition coefficient (Wildman–Crippen LogP) is 6.44. The van der Waals surface area contributed by atoms with Crippen LogP contribution in [0.4, 0.5) is 0 Å². The van der Waals surface area contributed by atoms with Gasteiger partial charge >= 0.3 is 0 Å². The van der Waals surface area contributed by atoms with Crippen LogP contribution in [-0.2, 0) is 0 Å². The van der Waals surface area contributed by atoms with Gasteiger partial charge < -0.3 is 0 Å². The molecule has 1 nitrogen and oxygen atoms in total. The van der Waals surface area contributed by atoms with E-state index in [9.17, 15) is 0 Å². The molecule has 0 radical (unpaired) electrons. The van der Waals surface area contributed by atoms with E-state index in [0.29, 0.717) is 17.1 Å². The molecule has 0 fully saturated rings. The Balaban J connectivity index is 2.89. The number of rotatable bonds is 2. The predicted molar refractivity (Wildman–Crippen MR) is 101 cm³/mol. The van der Waals surface area contributed by atoms with Gasteiger partial charge in [0.05, 0.1) is 5.69 Å². The Hall–Kier alpha value is -1.02. The molecule has 22 heavy (non-hydrogen) atoms. The third-order valence-electron chi connectivity index (χ3n) is 4.37. The van der Waals surface area contributed by atoms with Gasteiger partial charge in [-0.1, -0.05) is 33.8 Å². The molecule has 2 heterocycles. The number of hydrogen-bond acceptors (Lipinski definition) is 2. The molecular formula is C20H29NS. The van der Waals surface area contributed by atoms with Gasteiger partial charge in [0.25, 0.3) is 0 Å². The SMILES string of the molecule is C/C1=C(\C)c2nc(C)cc(C(C)C)c2/C(C(C)C)=C\[C@@H](C)S1. The van der Waals surface area contributed by atoms with Gasteiger partial charge in [-0.3, -0.25) is 4.98 Å². The minimum absolute atomic E-state index is 0.502. The zero-order valence-corrected chi connectivity index (χ0v) is 16.1. The molecule has 0 saturated carbocycles. The fourth-order valence-electron chi connectivity index (χ4n) is 3.11. The summed E-state index contributed by atoms with van der Waals surface area (Å²) in [4.78, 5) is 6.32. The van der Waals surface area contributed by atoms with Crippen LogP contribution >= 0.6 is 11.8 Å². The molecule has 1 aliphatic rings. The molecule has 0 amide bonds. The number of pyridine rings is 1. The van der Waals surface area contributed by atoms with E-state index in [4.69, 9.17) is 4.98 Å². The van der Waals surface area contributed by atoms with Crippen molar-refractivity contribution in [2.45, 2.75) is 66.6 Å². The molecule has 1 aliphatic heterocycles. The second-order valence-electron chi connectivity index (χ2n) is 7.01. The van der Waals surface area contributed by atoms with Crippen LogP contribution in [0.25, 0.3) is 11.1 Å². The first-order valence-electron chi connectivity index (χ1n) is 8.30. The maximum atomic E-state index is 4.94. The van der Waals surface area contributed by atoms with Gasteiger partial charge in [-0.2, -0.15) is 0 Å². The van der Waals surface area contributed by atoms with Gasteiger partial charge in [-0.05, 0) is 67.2 Å². The molecule has 0 spiro atoms. The van der Waals surface area contributed by atoms with Crippen LogP contribution in [0.15, 0.2) is 17.0 Å². The molecule has 1 aromatic heterocycles. The zero-order valence-electron chi connectivity index (χ0n) is 15.2. The second-order valence-corrected chi connectivity index (χ2v) is 8.60. The lowest BCUT2D eigenvalue weighted by Crippen LogP contribution is -2.11. The number of fused-ring (bicyclic) bond motifs is 1. The highest BCUT2D eigenvalue weighted by Gasteiger charge is 2.24. The fourth-order valence-corrected chi connectivity index (χ4v) is 4.16. The highest BCUT2D eigenvalue weighted by Crippen LogP contribution is 2.41. The summed E-state index contributed by atoms with van der Waals surface area (Å²) in [5.74, 6) is 1.02. The third-order valence-corrected chi connectivity index (χ3v) is 5.54. The Labute approximate surface area is 140 Å². The number of aryl methyl sites for hydroxylation is 1. The highest BCUT2D eigenvalue weighted by atomic mass is 32.2. The normalized spacial score (nSPS) is 24.8. The fraction of sp³-hybridized carbons (Fsp3) is 0.550. The lowest BCUT2D eigenvalue weighted by molar-refractivity contribution is 0.818. The van der Waals surface area contributed by atoms with Crippen molar-refractivity contribution in [3.63, 3.8) is 0 Å². The average molecular weight is 316 g/mol. The molecule has 0 N–H and O–H groups in total. The maximum Gasteiger partial charge on any atom is 0.0747 e. The van der Waals surface area contributed by atoms with E-state index in [2.05, 4.69) is 67.5 Å². The number of nitrogens with zero attached hydrogens (tertiary/aromatic N) is 1. The first-order chi connectivity index (χ1) is 10.2. The van der Waals surface area contributed by atoms with E-state index in [1.807, 2.05) is 11.8 Å². The van der Waals surface area contributed by atoms with Gasteiger partial charge in [-0.25, -0.2) is 0 Å². The Morgan fingerprint density at radius 2 is 1.68 bits per heavy atom. The minimum Gasteiger partial charge on any atom is -0.253 e. The van der Waals surface area contributed by atoms with Crippen molar-refractivity contribution in [2.24, 2.45) is 5.92 Å². The van der Waals surface area contributed by atoms with Crippen LogP contribution in [-0.4, -0.2) is 10.2 Å². The molecule has 2 heteroatoms. The summed E-state index contributed by atoms with van der Waals surface area (Å²) in [6, 6.07) is 2.28. The Kier molecular flexibility index (Phi) is 5.21. The van der Waals surface area contributed by atoms with Crippen LogP contribution < -0.4 is 0 Å². The van der Waals surface area contributed by atoms with E-state index in [-0.39, 0.29) is 0 Å². The van der Waals surface area contributed by atoms with Gasteiger partial charge in [0.15, 0.2) is 0 Å². The van der Waals surface area contributed by atoms with Crippen molar-refractivity contribution in [1.82, 2.24) is 4.98 Å². The number of allylic oxidation sites excluding steroid dienone is 3. The molecule has 2 rings (SSSR count). The summed E-state index contributed by atoms with van der Waals surface area (Å²) in [5, 5.41) is 0.502. The summed E-state index contributed by atoms with van der Waals surface area (Å²) in [6.45, 7) is 18.0. The molecule has 0 saturated heterocycles. The molecule has 0 bridgehead atoms. The molecular weight excluding hydrogens is 286 g/mol. The van der Waals surface area contributed by atoms with Gasteiger partial charge in [-0.15, -0.1) is 11.8 Å². The van der Waals surface area contributed by atoms with Crippen LogP contribution in [0, 0.1) is 12.8 Å². The first kappa shape index (κ1) is 17.3. The zero-order chi connectivity index (χ0) is 16.6. The van der Waals surface area contributed by atoms with E-state index >= 15 is 0 Å². The summed E-state index contributed by atoms with van der Waals surface area (Å²) < 4.78 is 0. The van der Waals surface area contributed by atoms with Crippen molar-refractivity contribution < 1.29 is 0 Å². The van der Waals surface area contributed by atoms with Crippen LogP contribution in [0.5, 0.6) is 0 Å². The highest BCUT2D eigenvalue weighted by molar-refractivity contribution is 8.03. The number of thioether (sulfide) groups is 1. The van der Waals surface area contributed by atoms with Crippen molar-refractivity contribution in [1.29, 1.82) is 0 Å². The smallest absolute Gasteiger partial charge is 0.0747 e. The topological polar surface area (TPSA) is 12.9 Å².